The highest BCUT2D eigenvalue weighted by Crippen LogP contribution is 2.38. The first-order chi connectivity index (χ1) is 24.8. The third-order valence-corrected chi connectivity index (χ3v) is 9.65. The third-order valence-electron chi connectivity index (χ3n) is 9.65. The molecular formula is C40H45F2N5O4. The van der Waals surface area contributed by atoms with Gasteiger partial charge in [0.15, 0.2) is 11.5 Å². The second-order valence-corrected chi connectivity index (χ2v) is 12.9. The summed E-state index contributed by atoms with van der Waals surface area (Å²) in [6, 6.07) is 24.7. The number of aromatic nitrogens is 2. The maximum Gasteiger partial charge on any atom is 0.253 e. The van der Waals surface area contributed by atoms with Crippen molar-refractivity contribution in [2.75, 3.05) is 72.5 Å². The molecule has 4 aromatic carbocycles. The van der Waals surface area contributed by atoms with E-state index < -0.39 is 0 Å². The molecule has 2 heterocycles. The van der Waals surface area contributed by atoms with Gasteiger partial charge in [-0.05, 0) is 85.6 Å². The molecular weight excluding hydrogens is 652 g/mol. The zero-order valence-corrected chi connectivity index (χ0v) is 29.6. The molecule has 0 N–H and O–H groups in total. The van der Waals surface area contributed by atoms with Crippen molar-refractivity contribution in [1.29, 1.82) is 0 Å². The van der Waals surface area contributed by atoms with Crippen LogP contribution in [0.4, 0.5) is 14.7 Å². The number of rotatable bonds is 13. The summed E-state index contributed by atoms with van der Waals surface area (Å²) in [7, 11) is 6.35. The Morgan fingerprint density at radius 2 is 1.51 bits per heavy atom. The van der Waals surface area contributed by atoms with Crippen LogP contribution in [-0.2, 0) is 6.54 Å². The molecule has 268 valence electrons. The van der Waals surface area contributed by atoms with Crippen molar-refractivity contribution in [3.8, 4) is 17.2 Å². The molecule has 0 bridgehead atoms. The van der Waals surface area contributed by atoms with Gasteiger partial charge in [-0.25, -0.2) is 13.8 Å². The van der Waals surface area contributed by atoms with Crippen LogP contribution >= 0.6 is 0 Å². The van der Waals surface area contributed by atoms with Crippen LogP contribution in [0, 0.1) is 11.6 Å². The van der Waals surface area contributed by atoms with Gasteiger partial charge in [-0.3, -0.25) is 4.79 Å². The van der Waals surface area contributed by atoms with Crippen LogP contribution in [0.2, 0.25) is 0 Å². The molecule has 1 aliphatic heterocycles. The van der Waals surface area contributed by atoms with E-state index in [1.165, 1.54) is 45.6 Å². The Bertz CT molecular complexity index is 1910. The molecule has 0 radical (unpaired) electrons. The number of likely N-dealkylation sites (N-methyl/N-ethyl adjacent to an activating group) is 1. The van der Waals surface area contributed by atoms with E-state index in [0.29, 0.717) is 35.9 Å². The number of amides is 1. The van der Waals surface area contributed by atoms with Crippen LogP contribution in [0.25, 0.3) is 11.0 Å². The van der Waals surface area contributed by atoms with E-state index in [0.717, 1.165) is 73.7 Å². The summed E-state index contributed by atoms with van der Waals surface area (Å²) in [5.74, 6) is 1.40. The van der Waals surface area contributed by atoms with Gasteiger partial charge in [0.25, 0.3) is 5.91 Å². The Morgan fingerprint density at radius 3 is 2.18 bits per heavy atom. The smallest absolute Gasteiger partial charge is 0.253 e. The lowest BCUT2D eigenvalue weighted by molar-refractivity contribution is 0.0782. The number of carbonyl (C=O) groups is 1. The second-order valence-electron chi connectivity index (χ2n) is 12.9. The summed E-state index contributed by atoms with van der Waals surface area (Å²) < 4.78 is 46.2. The maximum atomic E-state index is 14.0. The van der Waals surface area contributed by atoms with Gasteiger partial charge in [0, 0.05) is 44.7 Å². The average Bonchev–Trinajstić information content (AvgIpc) is 3.34. The summed E-state index contributed by atoms with van der Waals surface area (Å²) in [6.07, 6.45) is 1.74. The molecule has 1 amide bonds. The first-order valence-corrected chi connectivity index (χ1v) is 17.3. The lowest BCUT2D eigenvalue weighted by Gasteiger charge is -2.28. The van der Waals surface area contributed by atoms with Crippen molar-refractivity contribution in [2.45, 2.75) is 25.3 Å². The standard InChI is InChI=1S/C40H45F2N5O4/c1-44(39(48)31-24-36(49-2)38(51-4)37(25-31)50-3)27-30(29-12-16-33(42)17-13-29)18-21-45-19-7-20-46(23-22-45)40-43-34-8-5-6-9-35(34)47(40)26-28-10-14-32(41)15-11-28/h5-6,8-17,24-25,30H,7,18-23,26-27H2,1-4H3. The number of para-hydroxylation sites is 2. The predicted octanol–water partition coefficient (Wildman–Crippen LogP) is 6.85. The summed E-state index contributed by atoms with van der Waals surface area (Å²) in [5, 5.41) is 0. The predicted molar refractivity (Wildman–Crippen MR) is 195 cm³/mol. The molecule has 0 saturated carbocycles. The summed E-state index contributed by atoms with van der Waals surface area (Å²) in [4.78, 5) is 25.3. The number of carbonyl (C=O) groups excluding carboxylic acids is 1. The molecule has 0 spiro atoms. The number of imidazole rings is 1. The zero-order valence-electron chi connectivity index (χ0n) is 29.6. The van der Waals surface area contributed by atoms with Crippen molar-refractivity contribution >= 4 is 22.9 Å². The Hall–Kier alpha value is -5.16. The second kappa shape index (κ2) is 16.2. The van der Waals surface area contributed by atoms with Crippen LogP contribution < -0.4 is 19.1 Å². The Balaban J connectivity index is 1.16. The number of anilines is 1. The fourth-order valence-corrected chi connectivity index (χ4v) is 6.90. The van der Waals surface area contributed by atoms with Crippen molar-refractivity contribution in [3.63, 3.8) is 0 Å². The van der Waals surface area contributed by atoms with Gasteiger partial charge in [0.1, 0.15) is 11.6 Å². The van der Waals surface area contributed by atoms with E-state index in [9.17, 15) is 13.6 Å². The monoisotopic (exact) mass is 697 g/mol. The molecule has 1 unspecified atom stereocenters. The van der Waals surface area contributed by atoms with Crippen LogP contribution in [0.5, 0.6) is 17.2 Å². The topological polar surface area (TPSA) is 72.3 Å². The number of fused-ring (bicyclic) bond motifs is 1. The number of methoxy groups -OCH3 is 3. The van der Waals surface area contributed by atoms with Crippen molar-refractivity contribution in [3.05, 3.63) is 113 Å². The molecule has 51 heavy (non-hydrogen) atoms. The third kappa shape index (κ3) is 8.26. The first kappa shape index (κ1) is 35.7. The number of hydrogen-bond acceptors (Lipinski definition) is 7. The molecule has 1 saturated heterocycles. The number of benzene rings is 4. The summed E-state index contributed by atoms with van der Waals surface area (Å²) in [5.41, 5.74) is 4.39. The van der Waals surface area contributed by atoms with E-state index in [-0.39, 0.29) is 23.5 Å². The van der Waals surface area contributed by atoms with Gasteiger partial charge in [0.2, 0.25) is 11.7 Å². The van der Waals surface area contributed by atoms with Gasteiger partial charge in [0.05, 0.1) is 38.9 Å². The molecule has 6 rings (SSSR count). The SMILES string of the molecule is COc1cc(C(=O)N(C)CC(CCN2CCCN(c3nc4ccccc4n3Cc3ccc(F)cc3)CC2)c2ccc(F)cc2)cc(OC)c1OC. The molecule has 0 aliphatic carbocycles. The van der Waals surface area contributed by atoms with Gasteiger partial charge in [-0.1, -0.05) is 36.4 Å². The molecule has 1 aliphatic rings. The lowest BCUT2D eigenvalue weighted by atomic mass is 9.94. The molecule has 11 heteroatoms. The van der Waals surface area contributed by atoms with Crippen LogP contribution in [0.3, 0.4) is 0 Å². The quantitative estimate of drug-likeness (QED) is 0.133. The van der Waals surface area contributed by atoms with Crippen LogP contribution in [0.15, 0.2) is 84.9 Å². The van der Waals surface area contributed by atoms with Gasteiger partial charge in [-0.2, -0.15) is 0 Å². The Morgan fingerprint density at radius 1 is 0.843 bits per heavy atom. The van der Waals surface area contributed by atoms with E-state index in [4.69, 9.17) is 19.2 Å². The van der Waals surface area contributed by atoms with Gasteiger partial charge >= 0.3 is 0 Å². The largest absolute Gasteiger partial charge is 0.493 e. The van der Waals surface area contributed by atoms with Crippen LogP contribution in [0.1, 0.15) is 40.2 Å². The van der Waals surface area contributed by atoms with E-state index >= 15 is 0 Å². The molecule has 1 aromatic heterocycles. The number of halogens is 2. The lowest BCUT2D eigenvalue weighted by Crippen LogP contribution is -2.35. The van der Waals surface area contributed by atoms with Gasteiger partial charge in [-0.15, -0.1) is 0 Å². The summed E-state index contributed by atoms with van der Waals surface area (Å²) >= 11 is 0. The average molecular weight is 698 g/mol. The Kier molecular flexibility index (Phi) is 11.4. The Labute approximate surface area is 298 Å². The first-order valence-electron chi connectivity index (χ1n) is 17.3. The van der Waals surface area contributed by atoms with E-state index in [1.54, 1.807) is 24.1 Å². The number of nitrogens with zero attached hydrogens (tertiary/aromatic N) is 5. The minimum Gasteiger partial charge on any atom is -0.493 e. The minimum absolute atomic E-state index is 0.0270. The zero-order chi connectivity index (χ0) is 35.9. The highest BCUT2D eigenvalue weighted by molar-refractivity contribution is 5.95. The number of hydrogen-bond donors (Lipinski definition) is 0. The van der Waals surface area contributed by atoms with Gasteiger partial charge < -0.3 is 33.5 Å². The molecule has 9 nitrogen and oxygen atoms in total. The fraction of sp³-hybridized carbons (Fsp3) is 0.350. The highest BCUT2D eigenvalue weighted by Gasteiger charge is 2.25. The van der Waals surface area contributed by atoms with Crippen molar-refractivity contribution in [1.82, 2.24) is 19.4 Å². The van der Waals surface area contributed by atoms with E-state index in [2.05, 4.69) is 20.4 Å². The number of ether oxygens (including phenoxy) is 3. The summed E-state index contributed by atoms with van der Waals surface area (Å²) in [6.45, 7) is 5.27. The highest BCUT2D eigenvalue weighted by atomic mass is 19.1. The normalized spacial score (nSPS) is 14.3. The maximum absolute atomic E-state index is 14.0. The molecule has 1 fully saturated rings. The van der Waals surface area contributed by atoms with Crippen molar-refractivity contribution < 1.29 is 27.8 Å². The van der Waals surface area contributed by atoms with Crippen molar-refractivity contribution in [2.24, 2.45) is 0 Å². The van der Waals surface area contributed by atoms with Crippen LogP contribution in [-0.4, -0.2) is 92.9 Å². The molecule has 1 atom stereocenters. The fourth-order valence-electron chi connectivity index (χ4n) is 6.90. The van der Waals surface area contributed by atoms with E-state index in [1.807, 2.05) is 42.5 Å². The minimum atomic E-state index is -0.294. The molecule has 5 aromatic rings.